The maximum atomic E-state index is 11.9. The summed E-state index contributed by atoms with van der Waals surface area (Å²) in [7, 11) is -3.22. The van der Waals surface area contributed by atoms with Crippen molar-refractivity contribution in [1.82, 2.24) is 10.0 Å². The molecule has 2 N–H and O–H groups in total. The Labute approximate surface area is 114 Å². The van der Waals surface area contributed by atoms with Crippen molar-refractivity contribution in [2.24, 2.45) is 0 Å². The van der Waals surface area contributed by atoms with Crippen molar-refractivity contribution in [3.8, 4) is 0 Å². The van der Waals surface area contributed by atoms with Crippen molar-refractivity contribution in [1.29, 1.82) is 0 Å². The highest BCUT2D eigenvalue weighted by Crippen LogP contribution is 2.22. The monoisotopic (exact) mass is 290 g/mol. The van der Waals surface area contributed by atoms with Crippen LogP contribution in [0.2, 0.25) is 0 Å². The van der Waals surface area contributed by atoms with Crippen LogP contribution in [0.3, 0.4) is 0 Å². The molecule has 1 rings (SSSR count). The lowest BCUT2D eigenvalue weighted by molar-refractivity contribution is 0.556. The molecule has 1 aromatic rings. The number of hydrogen-bond acceptors (Lipinski definition) is 4. The molecule has 1 unspecified atom stereocenters. The minimum atomic E-state index is -3.22. The molecule has 104 valence electrons. The van der Waals surface area contributed by atoms with Gasteiger partial charge in [-0.2, -0.15) is 0 Å². The van der Waals surface area contributed by atoms with Crippen LogP contribution < -0.4 is 10.0 Å². The lowest BCUT2D eigenvalue weighted by Crippen LogP contribution is -2.35. The van der Waals surface area contributed by atoms with Crippen LogP contribution in [0, 0.1) is 6.92 Å². The van der Waals surface area contributed by atoms with Gasteiger partial charge in [0, 0.05) is 22.3 Å². The maximum Gasteiger partial charge on any atom is 0.213 e. The summed E-state index contributed by atoms with van der Waals surface area (Å²) in [5.74, 6) is 0.111. The second kappa shape index (κ2) is 6.65. The van der Waals surface area contributed by atoms with Gasteiger partial charge in [0.2, 0.25) is 10.0 Å². The van der Waals surface area contributed by atoms with E-state index in [-0.39, 0.29) is 11.8 Å². The van der Waals surface area contributed by atoms with Gasteiger partial charge in [0.15, 0.2) is 0 Å². The van der Waals surface area contributed by atoms with E-state index in [0.717, 1.165) is 4.88 Å². The Hall–Kier alpha value is -0.430. The van der Waals surface area contributed by atoms with Gasteiger partial charge in [-0.25, -0.2) is 13.1 Å². The van der Waals surface area contributed by atoms with Gasteiger partial charge in [-0.05, 0) is 26.0 Å². The van der Waals surface area contributed by atoms with E-state index in [0.29, 0.717) is 12.6 Å². The second-order valence-corrected chi connectivity index (χ2v) is 7.91. The summed E-state index contributed by atoms with van der Waals surface area (Å²) in [6.45, 7) is 8.36. The van der Waals surface area contributed by atoms with Gasteiger partial charge in [-0.3, -0.25) is 0 Å². The molecule has 0 bridgehead atoms. The summed E-state index contributed by atoms with van der Waals surface area (Å²) < 4.78 is 26.4. The van der Waals surface area contributed by atoms with Gasteiger partial charge in [-0.1, -0.05) is 13.8 Å². The van der Waals surface area contributed by atoms with Crippen LogP contribution in [0.15, 0.2) is 12.1 Å². The second-order valence-electron chi connectivity index (χ2n) is 4.72. The van der Waals surface area contributed by atoms with Crippen molar-refractivity contribution in [2.75, 3.05) is 12.3 Å². The van der Waals surface area contributed by atoms with E-state index in [1.165, 1.54) is 4.88 Å². The molecule has 6 heteroatoms. The summed E-state index contributed by atoms with van der Waals surface area (Å²) in [5.41, 5.74) is 0. The molecule has 0 fully saturated rings. The van der Waals surface area contributed by atoms with E-state index < -0.39 is 10.0 Å². The number of nitrogens with one attached hydrogen (secondary N) is 2. The van der Waals surface area contributed by atoms with Crippen LogP contribution in [0.4, 0.5) is 0 Å². The number of thiophene rings is 1. The van der Waals surface area contributed by atoms with E-state index in [4.69, 9.17) is 0 Å². The molecule has 0 saturated heterocycles. The standard InChI is InChI=1S/C12H22N2O2S2/c1-9(2)13-7-8-18(15,16)14-11(4)12-6-5-10(3)17-12/h5-6,9,11,13-14H,7-8H2,1-4H3. The molecule has 1 atom stereocenters. The fraction of sp³-hybridized carbons (Fsp3) is 0.667. The Bertz CT molecular complexity index is 466. The van der Waals surface area contributed by atoms with Crippen LogP contribution >= 0.6 is 11.3 Å². The van der Waals surface area contributed by atoms with Gasteiger partial charge >= 0.3 is 0 Å². The zero-order valence-electron chi connectivity index (χ0n) is 11.4. The largest absolute Gasteiger partial charge is 0.313 e. The molecule has 0 spiro atoms. The lowest BCUT2D eigenvalue weighted by Gasteiger charge is -2.13. The Morgan fingerprint density at radius 3 is 2.44 bits per heavy atom. The van der Waals surface area contributed by atoms with Crippen molar-refractivity contribution in [2.45, 2.75) is 39.8 Å². The lowest BCUT2D eigenvalue weighted by atomic mass is 10.3. The first-order chi connectivity index (χ1) is 8.30. The van der Waals surface area contributed by atoms with Gasteiger partial charge in [0.1, 0.15) is 0 Å². The van der Waals surface area contributed by atoms with E-state index in [1.54, 1.807) is 11.3 Å². The molecule has 0 saturated carbocycles. The van der Waals surface area contributed by atoms with Gasteiger partial charge in [-0.15, -0.1) is 11.3 Å². The zero-order valence-corrected chi connectivity index (χ0v) is 13.0. The number of sulfonamides is 1. The first kappa shape index (κ1) is 15.6. The Morgan fingerprint density at radius 1 is 1.28 bits per heavy atom. The molecular weight excluding hydrogens is 268 g/mol. The molecule has 4 nitrogen and oxygen atoms in total. The molecule has 0 aliphatic carbocycles. The molecule has 0 amide bonds. The smallest absolute Gasteiger partial charge is 0.213 e. The molecule has 0 radical (unpaired) electrons. The van der Waals surface area contributed by atoms with Gasteiger partial charge in [0.05, 0.1) is 11.8 Å². The summed E-state index contributed by atoms with van der Waals surface area (Å²) >= 11 is 1.62. The van der Waals surface area contributed by atoms with Crippen LogP contribution in [-0.4, -0.2) is 26.8 Å². The van der Waals surface area contributed by atoms with Crippen LogP contribution in [0.5, 0.6) is 0 Å². The molecule has 0 aromatic carbocycles. The molecule has 18 heavy (non-hydrogen) atoms. The van der Waals surface area contributed by atoms with Crippen molar-refractivity contribution in [3.05, 3.63) is 21.9 Å². The highest BCUT2D eigenvalue weighted by Gasteiger charge is 2.16. The summed E-state index contributed by atoms with van der Waals surface area (Å²) in [4.78, 5) is 2.24. The molecule has 0 aliphatic rings. The average Bonchev–Trinajstić information content (AvgIpc) is 2.63. The van der Waals surface area contributed by atoms with Crippen molar-refractivity contribution in [3.63, 3.8) is 0 Å². The first-order valence-corrected chi connectivity index (χ1v) is 8.57. The number of aryl methyl sites for hydroxylation is 1. The third-order valence-corrected chi connectivity index (χ3v) is 5.11. The molecule has 0 aliphatic heterocycles. The third-order valence-electron chi connectivity index (χ3n) is 2.47. The fourth-order valence-electron chi connectivity index (χ4n) is 1.55. The van der Waals surface area contributed by atoms with E-state index in [2.05, 4.69) is 10.0 Å². The average molecular weight is 290 g/mol. The Balaban J connectivity index is 2.50. The highest BCUT2D eigenvalue weighted by molar-refractivity contribution is 7.89. The van der Waals surface area contributed by atoms with Gasteiger partial charge in [0.25, 0.3) is 0 Å². The minimum absolute atomic E-state index is 0.111. The third kappa shape index (κ3) is 5.48. The summed E-state index contributed by atoms with van der Waals surface area (Å²) in [5, 5.41) is 3.10. The SMILES string of the molecule is Cc1ccc(C(C)NS(=O)(=O)CCNC(C)C)s1. The van der Waals surface area contributed by atoms with Crippen molar-refractivity contribution < 1.29 is 8.42 Å². The molecule has 1 aromatic heterocycles. The topological polar surface area (TPSA) is 58.2 Å². The fourth-order valence-corrected chi connectivity index (χ4v) is 3.68. The Kier molecular flexibility index (Phi) is 5.78. The Morgan fingerprint density at radius 2 is 1.94 bits per heavy atom. The van der Waals surface area contributed by atoms with Crippen LogP contribution in [0.1, 0.15) is 36.6 Å². The van der Waals surface area contributed by atoms with E-state index >= 15 is 0 Å². The van der Waals surface area contributed by atoms with E-state index in [1.807, 2.05) is 39.8 Å². The minimum Gasteiger partial charge on any atom is -0.313 e. The highest BCUT2D eigenvalue weighted by atomic mass is 32.2. The first-order valence-electron chi connectivity index (χ1n) is 6.10. The zero-order chi connectivity index (χ0) is 13.8. The summed E-state index contributed by atoms with van der Waals surface area (Å²) in [6.07, 6.45) is 0. The number of rotatable bonds is 7. The predicted octanol–water partition coefficient (Wildman–Crippen LogP) is 2.03. The maximum absolute atomic E-state index is 11.9. The molecular formula is C12H22N2O2S2. The van der Waals surface area contributed by atoms with Crippen molar-refractivity contribution >= 4 is 21.4 Å². The normalized spacial score (nSPS) is 14.1. The van der Waals surface area contributed by atoms with E-state index in [9.17, 15) is 8.42 Å². The summed E-state index contributed by atoms with van der Waals surface area (Å²) in [6, 6.07) is 4.12. The quantitative estimate of drug-likeness (QED) is 0.808. The molecule has 1 heterocycles. The van der Waals surface area contributed by atoms with Crippen LogP contribution in [0.25, 0.3) is 0 Å². The van der Waals surface area contributed by atoms with Gasteiger partial charge < -0.3 is 5.32 Å². The number of hydrogen-bond donors (Lipinski definition) is 2. The van der Waals surface area contributed by atoms with Crippen LogP contribution in [-0.2, 0) is 10.0 Å². The predicted molar refractivity (Wildman–Crippen MR) is 77.5 cm³/mol.